The summed E-state index contributed by atoms with van der Waals surface area (Å²) in [5.74, 6) is 1.19. The summed E-state index contributed by atoms with van der Waals surface area (Å²) in [7, 11) is 1.60. The summed E-state index contributed by atoms with van der Waals surface area (Å²) < 4.78 is 5.55. The third kappa shape index (κ3) is 5.10. The van der Waals surface area contributed by atoms with Gasteiger partial charge in [-0.3, -0.25) is 9.78 Å². The number of pyridine rings is 2. The summed E-state index contributed by atoms with van der Waals surface area (Å²) in [5, 5.41) is 0.499. The van der Waals surface area contributed by atoms with Crippen LogP contribution >= 0.6 is 11.6 Å². The molecule has 0 atom stereocenters. The van der Waals surface area contributed by atoms with E-state index in [1.807, 2.05) is 35.4 Å². The number of methoxy groups -OCH3 is 1. The van der Waals surface area contributed by atoms with Gasteiger partial charge in [0.2, 0.25) is 5.88 Å². The second-order valence-electron chi connectivity index (χ2n) is 10.1. The number of likely N-dealkylation sites (tertiary alicyclic amines) is 1. The molecule has 0 unspecified atom stereocenters. The number of nitrogens with zero attached hydrogens (tertiary/aromatic N) is 3. The van der Waals surface area contributed by atoms with Crippen LogP contribution in [0.5, 0.6) is 5.88 Å². The lowest BCUT2D eigenvalue weighted by Gasteiger charge is -2.30. The lowest BCUT2D eigenvalue weighted by atomic mass is 9.90. The number of benzene rings is 1. The van der Waals surface area contributed by atoms with Gasteiger partial charge in [0.05, 0.1) is 7.11 Å². The average molecular weight is 478 g/mol. The maximum atomic E-state index is 13.0. The molecule has 1 fully saturated rings. The Balaban J connectivity index is 1.68. The van der Waals surface area contributed by atoms with Crippen LogP contribution in [0.1, 0.15) is 56.6 Å². The Morgan fingerprint density at radius 3 is 2.41 bits per heavy atom. The molecule has 0 radical (unpaired) electrons. The molecule has 1 aromatic carbocycles. The Morgan fingerprint density at radius 2 is 1.76 bits per heavy atom. The van der Waals surface area contributed by atoms with Crippen LogP contribution in [-0.2, 0) is 5.41 Å². The van der Waals surface area contributed by atoms with Crippen molar-refractivity contribution in [3.63, 3.8) is 0 Å². The molecule has 6 heteroatoms. The third-order valence-corrected chi connectivity index (χ3v) is 6.80. The zero-order valence-electron chi connectivity index (χ0n) is 20.6. The molecule has 0 N–H and O–H groups in total. The van der Waals surface area contributed by atoms with Crippen molar-refractivity contribution in [2.24, 2.45) is 5.92 Å². The Labute approximate surface area is 207 Å². The average Bonchev–Trinajstić information content (AvgIpc) is 2.83. The quantitative estimate of drug-likeness (QED) is 0.422. The highest BCUT2D eigenvalue weighted by atomic mass is 35.5. The first-order chi connectivity index (χ1) is 16.2. The predicted octanol–water partition coefficient (Wildman–Crippen LogP) is 6.64. The minimum atomic E-state index is -0.0587. The van der Waals surface area contributed by atoms with Gasteiger partial charge in [0.1, 0.15) is 0 Å². The lowest BCUT2D eigenvalue weighted by molar-refractivity contribution is 0.0697. The van der Waals surface area contributed by atoms with Crippen molar-refractivity contribution in [2.45, 2.75) is 46.0 Å². The number of halogens is 1. The molecule has 0 aliphatic carbocycles. The van der Waals surface area contributed by atoms with Crippen molar-refractivity contribution in [3.8, 4) is 28.1 Å². The van der Waals surface area contributed by atoms with E-state index in [1.54, 1.807) is 19.4 Å². The molecule has 0 spiro atoms. The van der Waals surface area contributed by atoms with E-state index in [-0.39, 0.29) is 11.3 Å². The fourth-order valence-electron chi connectivity index (χ4n) is 4.25. The summed E-state index contributed by atoms with van der Waals surface area (Å²) in [6, 6.07) is 11.6. The van der Waals surface area contributed by atoms with E-state index in [2.05, 4.69) is 43.7 Å². The molecule has 0 saturated carbocycles. The van der Waals surface area contributed by atoms with E-state index in [1.165, 1.54) is 0 Å². The van der Waals surface area contributed by atoms with Crippen LogP contribution in [0.15, 0.2) is 48.8 Å². The van der Waals surface area contributed by atoms with Crippen LogP contribution in [0.25, 0.3) is 22.3 Å². The highest BCUT2D eigenvalue weighted by Gasteiger charge is 2.23. The van der Waals surface area contributed by atoms with Crippen LogP contribution < -0.4 is 4.74 Å². The van der Waals surface area contributed by atoms with E-state index < -0.39 is 0 Å². The summed E-state index contributed by atoms with van der Waals surface area (Å²) in [5.41, 5.74) is 5.09. The fraction of sp³-hybridized carbons (Fsp3) is 0.393. The fourth-order valence-corrected chi connectivity index (χ4v) is 4.53. The molecule has 34 heavy (non-hydrogen) atoms. The molecule has 178 valence electrons. The number of rotatable bonds is 4. The standard InChI is InChI=1S/C28H32ClN3O2/c1-18-9-12-32(13-10-18)27(33)20-6-7-22(24(29)15-20)23-14-21(17-31-26(23)34-5)19-8-11-30-25(16-19)28(2,3)4/h6-8,11,14-18H,9-10,12-13H2,1-5H3. The van der Waals surface area contributed by atoms with E-state index in [0.717, 1.165) is 53.9 Å². The minimum absolute atomic E-state index is 0.0330. The van der Waals surface area contributed by atoms with E-state index in [4.69, 9.17) is 16.3 Å². The molecule has 3 heterocycles. The first-order valence-corrected chi connectivity index (χ1v) is 12.2. The molecule has 1 saturated heterocycles. The Hall–Kier alpha value is -2.92. The lowest BCUT2D eigenvalue weighted by Crippen LogP contribution is -2.37. The van der Waals surface area contributed by atoms with E-state index in [0.29, 0.717) is 22.4 Å². The Bertz CT molecular complexity index is 1190. The zero-order valence-corrected chi connectivity index (χ0v) is 21.3. The maximum absolute atomic E-state index is 13.0. The van der Waals surface area contributed by atoms with Gasteiger partial charge in [-0.1, -0.05) is 45.4 Å². The Morgan fingerprint density at radius 1 is 1.03 bits per heavy atom. The van der Waals surface area contributed by atoms with Crippen molar-refractivity contribution in [1.29, 1.82) is 0 Å². The molecule has 1 amide bonds. The van der Waals surface area contributed by atoms with Crippen molar-refractivity contribution in [2.75, 3.05) is 20.2 Å². The van der Waals surface area contributed by atoms with Gasteiger partial charge in [0.15, 0.2) is 0 Å². The molecule has 5 nitrogen and oxygen atoms in total. The van der Waals surface area contributed by atoms with Gasteiger partial charge in [-0.25, -0.2) is 4.98 Å². The Kier molecular flexibility index (Phi) is 6.94. The highest BCUT2D eigenvalue weighted by molar-refractivity contribution is 6.33. The number of ether oxygens (including phenoxy) is 1. The summed E-state index contributed by atoms with van der Waals surface area (Å²) in [6.07, 6.45) is 5.71. The van der Waals surface area contributed by atoms with Crippen LogP contribution in [0.3, 0.4) is 0 Å². The second kappa shape index (κ2) is 9.75. The monoisotopic (exact) mass is 477 g/mol. The number of amides is 1. The van der Waals surface area contributed by atoms with E-state index >= 15 is 0 Å². The van der Waals surface area contributed by atoms with Gasteiger partial charge in [0, 0.05) is 63.9 Å². The summed E-state index contributed by atoms with van der Waals surface area (Å²) >= 11 is 6.72. The topological polar surface area (TPSA) is 55.3 Å². The molecule has 1 aliphatic heterocycles. The van der Waals surface area contributed by atoms with Crippen LogP contribution in [-0.4, -0.2) is 41.0 Å². The largest absolute Gasteiger partial charge is 0.481 e. The molecular formula is C28H32ClN3O2. The number of hydrogen-bond donors (Lipinski definition) is 0. The predicted molar refractivity (Wildman–Crippen MR) is 137 cm³/mol. The van der Waals surface area contributed by atoms with Gasteiger partial charge in [-0.15, -0.1) is 0 Å². The van der Waals surface area contributed by atoms with Gasteiger partial charge in [-0.05, 0) is 54.7 Å². The molecule has 2 aromatic heterocycles. The summed E-state index contributed by atoms with van der Waals surface area (Å²) in [6.45, 7) is 10.2. The van der Waals surface area contributed by atoms with Crippen molar-refractivity contribution in [3.05, 3.63) is 65.1 Å². The van der Waals surface area contributed by atoms with Crippen LogP contribution in [0.4, 0.5) is 0 Å². The van der Waals surface area contributed by atoms with Crippen molar-refractivity contribution >= 4 is 17.5 Å². The van der Waals surface area contributed by atoms with Gasteiger partial charge in [-0.2, -0.15) is 0 Å². The highest BCUT2D eigenvalue weighted by Crippen LogP contribution is 2.37. The molecule has 0 bridgehead atoms. The number of carbonyl (C=O) groups is 1. The van der Waals surface area contributed by atoms with Crippen molar-refractivity contribution in [1.82, 2.24) is 14.9 Å². The summed E-state index contributed by atoms with van der Waals surface area (Å²) in [4.78, 5) is 24.0. The second-order valence-corrected chi connectivity index (χ2v) is 10.5. The molecule has 3 aromatic rings. The number of hydrogen-bond acceptors (Lipinski definition) is 4. The smallest absolute Gasteiger partial charge is 0.253 e. The first-order valence-electron chi connectivity index (χ1n) is 11.8. The van der Waals surface area contributed by atoms with Crippen LogP contribution in [0.2, 0.25) is 5.02 Å². The molecule has 1 aliphatic rings. The zero-order chi connectivity index (χ0) is 24.5. The molecule has 4 rings (SSSR count). The molecular weight excluding hydrogens is 446 g/mol. The number of carbonyl (C=O) groups excluding carboxylic acids is 1. The maximum Gasteiger partial charge on any atom is 0.253 e. The van der Waals surface area contributed by atoms with Gasteiger partial charge < -0.3 is 9.64 Å². The van der Waals surface area contributed by atoms with Crippen LogP contribution in [0, 0.1) is 5.92 Å². The first kappa shape index (κ1) is 24.2. The number of aromatic nitrogens is 2. The van der Waals surface area contributed by atoms with Crippen molar-refractivity contribution < 1.29 is 9.53 Å². The minimum Gasteiger partial charge on any atom is -0.481 e. The van der Waals surface area contributed by atoms with Gasteiger partial charge in [0.25, 0.3) is 5.91 Å². The third-order valence-electron chi connectivity index (χ3n) is 6.48. The van der Waals surface area contributed by atoms with E-state index in [9.17, 15) is 4.79 Å². The van der Waals surface area contributed by atoms with Gasteiger partial charge >= 0.3 is 0 Å². The SMILES string of the molecule is COc1ncc(-c2ccnc(C(C)(C)C)c2)cc1-c1ccc(C(=O)N2CCC(C)CC2)cc1Cl. The normalized spacial score (nSPS) is 14.8. The number of piperidine rings is 1.